The first-order chi connectivity index (χ1) is 9.15. The lowest BCUT2D eigenvalue weighted by molar-refractivity contribution is 0.555. The van der Waals surface area contributed by atoms with Gasteiger partial charge in [0.2, 0.25) is 0 Å². The topological polar surface area (TPSA) is 53.1 Å². The van der Waals surface area contributed by atoms with Crippen molar-refractivity contribution in [3.63, 3.8) is 0 Å². The molecule has 0 spiro atoms. The first-order valence-corrected chi connectivity index (χ1v) is 7.35. The summed E-state index contributed by atoms with van der Waals surface area (Å²) in [6, 6.07) is 6.68. The first-order valence-electron chi connectivity index (χ1n) is 7.35. The fraction of sp³-hybridized carbons (Fsp3) is 0.562. The number of rotatable bonds is 3. The van der Waals surface area contributed by atoms with Gasteiger partial charge >= 0.3 is 0 Å². The lowest BCUT2D eigenvalue weighted by Gasteiger charge is -2.34. The molecule has 1 aromatic rings. The van der Waals surface area contributed by atoms with Gasteiger partial charge in [-0.15, -0.1) is 0 Å². The molecule has 104 valence electrons. The average Bonchev–Trinajstić information content (AvgIpc) is 2.63. The molecule has 1 atom stereocenters. The second kappa shape index (κ2) is 6.09. The largest absolute Gasteiger partial charge is 0.384 e. The van der Waals surface area contributed by atoms with E-state index in [0.717, 1.165) is 18.5 Å². The van der Waals surface area contributed by atoms with E-state index in [1.165, 1.54) is 36.9 Å². The summed E-state index contributed by atoms with van der Waals surface area (Å²) in [4.78, 5) is 2.50. The first kappa shape index (κ1) is 13.9. The van der Waals surface area contributed by atoms with Gasteiger partial charge in [-0.2, -0.15) is 0 Å². The Labute approximate surface area is 116 Å². The highest BCUT2D eigenvalue weighted by molar-refractivity contribution is 6.01. The standard InChI is InChI=1S/C16H25N3/c1-3-13-9-5-4-6-11-19(13)15-12(2)8-7-10-14(15)16(17)18/h7-8,10,13H,3-6,9,11H2,1-2H3,(H3,17,18). The fourth-order valence-electron chi connectivity index (χ4n) is 3.15. The number of benzene rings is 1. The Morgan fingerprint density at radius 2 is 2.16 bits per heavy atom. The van der Waals surface area contributed by atoms with Gasteiger partial charge < -0.3 is 10.6 Å². The molecule has 0 bridgehead atoms. The van der Waals surface area contributed by atoms with Crippen LogP contribution in [0.25, 0.3) is 0 Å². The minimum absolute atomic E-state index is 0.179. The Kier molecular flexibility index (Phi) is 4.46. The van der Waals surface area contributed by atoms with Gasteiger partial charge in [-0.3, -0.25) is 5.41 Å². The number of nitrogen functional groups attached to an aromatic ring is 1. The van der Waals surface area contributed by atoms with E-state index in [1.807, 2.05) is 12.1 Å². The highest BCUT2D eigenvalue weighted by atomic mass is 15.2. The van der Waals surface area contributed by atoms with Crippen LogP contribution in [0.2, 0.25) is 0 Å². The molecule has 0 amide bonds. The molecule has 1 heterocycles. The van der Waals surface area contributed by atoms with Crippen molar-refractivity contribution in [2.75, 3.05) is 11.4 Å². The zero-order valence-electron chi connectivity index (χ0n) is 12.1. The minimum Gasteiger partial charge on any atom is -0.384 e. The van der Waals surface area contributed by atoms with Gasteiger partial charge in [-0.05, 0) is 37.8 Å². The van der Waals surface area contributed by atoms with Gasteiger partial charge in [0.1, 0.15) is 5.84 Å². The van der Waals surface area contributed by atoms with Gasteiger partial charge in [-0.1, -0.05) is 31.9 Å². The molecular formula is C16H25N3. The summed E-state index contributed by atoms with van der Waals surface area (Å²) in [6.45, 7) is 5.47. The molecule has 0 saturated carbocycles. The number of hydrogen-bond donors (Lipinski definition) is 2. The number of aryl methyl sites for hydroxylation is 1. The average molecular weight is 259 g/mol. The van der Waals surface area contributed by atoms with Crippen molar-refractivity contribution < 1.29 is 0 Å². The highest BCUT2D eigenvalue weighted by Gasteiger charge is 2.23. The Balaban J connectivity index is 2.45. The molecule has 1 fully saturated rings. The van der Waals surface area contributed by atoms with Crippen LogP contribution in [0.3, 0.4) is 0 Å². The molecule has 3 nitrogen and oxygen atoms in total. The third-order valence-electron chi connectivity index (χ3n) is 4.16. The van der Waals surface area contributed by atoms with Gasteiger partial charge in [0.25, 0.3) is 0 Å². The van der Waals surface area contributed by atoms with Gasteiger partial charge in [-0.25, -0.2) is 0 Å². The maximum atomic E-state index is 7.82. The Bertz CT molecular complexity index is 453. The van der Waals surface area contributed by atoms with Gasteiger partial charge in [0.15, 0.2) is 0 Å². The van der Waals surface area contributed by atoms with Crippen molar-refractivity contribution in [3.05, 3.63) is 29.3 Å². The van der Waals surface area contributed by atoms with Gasteiger partial charge in [0, 0.05) is 18.2 Å². The van der Waals surface area contributed by atoms with Crippen LogP contribution in [0.15, 0.2) is 18.2 Å². The van der Waals surface area contributed by atoms with E-state index < -0.39 is 0 Å². The lowest BCUT2D eigenvalue weighted by Crippen LogP contribution is -2.36. The summed E-state index contributed by atoms with van der Waals surface area (Å²) in [5.41, 5.74) is 9.08. The summed E-state index contributed by atoms with van der Waals surface area (Å²) in [6.07, 6.45) is 6.28. The van der Waals surface area contributed by atoms with Crippen LogP contribution in [0, 0.1) is 12.3 Å². The number of amidine groups is 1. The van der Waals surface area contributed by atoms with Crippen LogP contribution in [0.4, 0.5) is 5.69 Å². The summed E-state index contributed by atoms with van der Waals surface area (Å²) in [5.74, 6) is 0.179. The summed E-state index contributed by atoms with van der Waals surface area (Å²) in [7, 11) is 0. The van der Waals surface area contributed by atoms with Crippen molar-refractivity contribution in [3.8, 4) is 0 Å². The minimum atomic E-state index is 0.179. The predicted octanol–water partition coefficient (Wildman–Crippen LogP) is 3.44. The number of nitrogens with zero attached hydrogens (tertiary/aromatic N) is 1. The molecule has 3 heteroatoms. The summed E-state index contributed by atoms with van der Waals surface area (Å²) < 4.78 is 0. The molecule has 1 aromatic carbocycles. The molecular weight excluding hydrogens is 234 g/mol. The Morgan fingerprint density at radius 1 is 1.37 bits per heavy atom. The van der Waals surface area contributed by atoms with Gasteiger partial charge in [0.05, 0.1) is 5.69 Å². The van der Waals surface area contributed by atoms with Crippen molar-refractivity contribution in [1.82, 2.24) is 0 Å². The smallest absolute Gasteiger partial charge is 0.124 e. The highest BCUT2D eigenvalue weighted by Crippen LogP contribution is 2.31. The van der Waals surface area contributed by atoms with Crippen LogP contribution in [0.5, 0.6) is 0 Å². The van der Waals surface area contributed by atoms with E-state index in [-0.39, 0.29) is 5.84 Å². The number of anilines is 1. The second-order valence-electron chi connectivity index (χ2n) is 5.49. The van der Waals surface area contributed by atoms with Crippen LogP contribution in [-0.2, 0) is 0 Å². The molecule has 0 aromatic heterocycles. The van der Waals surface area contributed by atoms with Crippen LogP contribution in [-0.4, -0.2) is 18.4 Å². The van der Waals surface area contributed by atoms with Crippen LogP contribution in [0.1, 0.15) is 50.2 Å². The molecule has 2 rings (SSSR count). The summed E-state index contributed by atoms with van der Waals surface area (Å²) in [5, 5.41) is 7.82. The molecule has 3 N–H and O–H groups in total. The fourth-order valence-corrected chi connectivity index (χ4v) is 3.15. The van der Waals surface area contributed by atoms with E-state index >= 15 is 0 Å². The normalized spacial score (nSPS) is 20.1. The maximum Gasteiger partial charge on any atom is 0.124 e. The molecule has 1 aliphatic rings. The molecule has 1 aliphatic heterocycles. The number of para-hydroxylation sites is 1. The number of nitrogens with two attached hydrogens (primary N) is 1. The molecule has 1 unspecified atom stereocenters. The van der Waals surface area contributed by atoms with Crippen LogP contribution >= 0.6 is 0 Å². The predicted molar refractivity (Wildman–Crippen MR) is 82.1 cm³/mol. The van der Waals surface area contributed by atoms with Crippen LogP contribution < -0.4 is 10.6 Å². The third kappa shape index (κ3) is 2.91. The molecule has 0 radical (unpaired) electrons. The Morgan fingerprint density at radius 3 is 2.84 bits per heavy atom. The van der Waals surface area contributed by atoms with Crippen molar-refractivity contribution in [1.29, 1.82) is 5.41 Å². The quantitative estimate of drug-likeness (QED) is 0.645. The molecule has 19 heavy (non-hydrogen) atoms. The monoisotopic (exact) mass is 259 g/mol. The van der Waals surface area contributed by atoms with Crippen molar-refractivity contribution in [2.45, 2.75) is 52.0 Å². The lowest BCUT2D eigenvalue weighted by atomic mass is 10.0. The zero-order valence-corrected chi connectivity index (χ0v) is 12.1. The third-order valence-corrected chi connectivity index (χ3v) is 4.16. The van der Waals surface area contributed by atoms with E-state index in [9.17, 15) is 0 Å². The number of nitrogens with one attached hydrogen (secondary N) is 1. The second-order valence-corrected chi connectivity index (χ2v) is 5.49. The van der Waals surface area contributed by atoms with Crippen molar-refractivity contribution in [2.24, 2.45) is 5.73 Å². The van der Waals surface area contributed by atoms with E-state index in [2.05, 4.69) is 24.8 Å². The number of hydrogen-bond acceptors (Lipinski definition) is 2. The SMILES string of the molecule is CCC1CCCCCN1c1c(C)cccc1C(=N)N. The van der Waals surface area contributed by atoms with E-state index in [0.29, 0.717) is 6.04 Å². The van der Waals surface area contributed by atoms with E-state index in [4.69, 9.17) is 11.1 Å². The Hall–Kier alpha value is -1.51. The van der Waals surface area contributed by atoms with E-state index in [1.54, 1.807) is 0 Å². The molecule has 0 aliphatic carbocycles. The zero-order chi connectivity index (χ0) is 13.8. The molecule has 1 saturated heterocycles. The maximum absolute atomic E-state index is 7.82. The van der Waals surface area contributed by atoms with Crippen molar-refractivity contribution >= 4 is 11.5 Å². The summed E-state index contributed by atoms with van der Waals surface area (Å²) >= 11 is 0.